The summed E-state index contributed by atoms with van der Waals surface area (Å²) >= 11 is 0. The monoisotopic (exact) mass is 251 g/mol. The van der Waals surface area contributed by atoms with Crippen LogP contribution in [0.1, 0.15) is 11.3 Å². The Morgan fingerprint density at radius 1 is 1.37 bits per heavy atom. The van der Waals surface area contributed by atoms with Crippen LogP contribution in [-0.2, 0) is 0 Å². The molecule has 0 spiro atoms. The standard InChI is InChI=1S/C15H13N3O/c1-19-15-9-13(17)6-5-11(15)8-12(10-16)14-4-2-3-7-18-14/h2-9H,17H2,1H3. The van der Waals surface area contributed by atoms with Gasteiger partial charge in [0.05, 0.1) is 18.4 Å². The number of hydrogen-bond acceptors (Lipinski definition) is 4. The number of ether oxygens (including phenoxy) is 1. The summed E-state index contributed by atoms with van der Waals surface area (Å²) in [6.07, 6.45) is 3.39. The molecule has 2 rings (SSSR count). The number of benzene rings is 1. The maximum atomic E-state index is 9.24. The zero-order valence-electron chi connectivity index (χ0n) is 10.5. The van der Waals surface area contributed by atoms with Crippen molar-refractivity contribution in [2.45, 2.75) is 0 Å². The predicted molar refractivity (Wildman–Crippen MR) is 75.1 cm³/mol. The number of nitriles is 1. The number of methoxy groups -OCH3 is 1. The summed E-state index contributed by atoms with van der Waals surface area (Å²) in [5.74, 6) is 0.628. The van der Waals surface area contributed by atoms with Gasteiger partial charge in [-0.05, 0) is 30.3 Å². The highest BCUT2D eigenvalue weighted by Crippen LogP contribution is 2.25. The van der Waals surface area contributed by atoms with E-state index in [1.807, 2.05) is 18.2 Å². The summed E-state index contributed by atoms with van der Waals surface area (Å²) in [5.41, 5.74) is 8.21. The SMILES string of the molecule is COc1cc(N)ccc1C=C(C#N)c1ccccn1. The summed E-state index contributed by atoms with van der Waals surface area (Å²) in [6.45, 7) is 0. The average molecular weight is 251 g/mol. The van der Waals surface area contributed by atoms with Crippen molar-refractivity contribution in [3.8, 4) is 11.8 Å². The van der Waals surface area contributed by atoms with E-state index in [1.54, 1.807) is 37.6 Å². The lowest BCUT2D eigenvalue weighted by Gasteiger charge is -2.06. The van der Waals surface area contributed by atoms with Crippen molar-refractivity contribution in [1.82, 2.24) is 4.98 Å². The lowest BCUT2D eigenvalue weighted by atomic mass is 10.1. The molecule has 2 aromatic rings. The molecule has 0 aliphatic carbocycles. The van der Waals surface area contributed by atoms with Crippen LogP contribution in [0.4, 0.5) is 5.69 Å². The van der Waals surface area contributed by atoms with E-state index < -0.39 is 0 Å². The van der Waals surface area contributed by atoms with Crippen molar-refractivity contribution in [2.75, 3.05) is 12.8 Å². The normalized spacial score (nSPS) is 10.8. The second-order valence-corrected chi connectivity index (χ2v) is 3.89. The van der Waals surface area contributed by atoms with E-state index >= 15 is 0 Å². The Morgan fingerprint density at radius 3 is 2.84 bits per heavy atom. The minimum absolute atomic E-state index is 0.476. The van der Waals surface area contributed by atoms with Gasteiger partial charge in [-0.25, -0.2) is 0 Å². The molecule has 94 valence electrons. The van der Waals surface area contributed by atoms with Crippen molar-refractivity contribution in [2.24, 2.45) is 0 Å². The molecule has 0 fully saturated rings. The van der Waals surface area contributed by atoms with Crippen LogP contribution >= 0.6 is 0 Å². The second kappa shape index (κ2) is 5.69. The van der Waals surface area contributed by atoms with E-state index in [-0.39, 0.29) is 0 Å². The predicted octanol–water partition coefficient (Wildman–Crippen LogP) is 2.74. The molecule has 4 nitrogen and oxygen atoms in total. The number of pyridine rings is 1. The molecule has 0 unspecified atom stereocenters. The molecular formula is C15H13N3O. The maximum absolute atomic E-state index is 9.24. The minimum atomic E-state index is 0.476. The summed E-state index contributed by atoms with van der Waals surface area (Å²) in [6, 6.07) is 12.9. The number of anilines is 1. The Labute approximate surface area is 111 Å². The first-order valence-corrected chi connectivity index (χ1v) is 5.71. The van der Waals surface area contributed by atoms with Gasteiger partial charge in [0, 0.05) is 23.5 Å². The van der Waals surface area contributed by atoms with Crippen LogP contribution in [-0.4, -0.2) is 12.1 Å². The van der Waals surface area contributed by atoms with E-state index in [4.69, 9.17) is 10.5 Å². The number of hydrogen-bond donors (Lipinski definition) is 1. The van der Waals surface area contributed by atoms with Gasteiger partial charge in [-0.3, -0.25) is 4.98 Å². The molecule has 0 atom stereocenters. The summed E-state index contributed by atoms with van der Waals surface area (Å²) in [4.78, 5) is 4.16. The fraction of sp³-hybridized carbons (Fsp3) is 0.0667. The van der Waals surface area contributed by atoms with Crippen molar-refractivity contribution >= 4 is 17.3 Å². The molecule has 1 aromatic carbocycles. The highest BCUT2D eigenvalue weighted by Gasteiger charge is 2.05. The number of rotatable bonds is 3. The number of nitrogens with two attached hydrogens (primary N) is 1. The van der Waals surface area contributed by atoms with Crippen LogP contribution in [0.5, 0.6) is 5.75 Å². The topological polar surface area (TPSA) is 71.9 Å². The van der Waals surface area contributed by atoms with Crippen LogP contribution in [0.25, 0.3) is 11.6 Å². The smallest absolute Gasteiger partial charge is 0.128 e. The molecule has 0 aliphatic rings. The third-order valence-corrected chi connectivity index (χ3v) is 2.62. The molecule has 0 aliphatic heterocycles. The van der Waals surface area contributed by atoms with Crippen molar-refractivity contribution in [3.05, 3.63) is 53.9 Å². The third kappa shape index (κ3) is 2.90. The Kier molecular flexibility index (Phi) is 3.79. The molecule has 2 N–H and O–H groups in total. The molecule has 0 bridgehead atoms. The van der Waals surface area contributed by atoms with Crippen molar-refractivity contribution in [3.63, 3.8) is 0 Å². The molecular weight excluding hydrogens is 238 g/mol. The van der Waals surface area contributed by atoms with Crippen molar-refractivity contribution in [1.29, 1.82) is 5.26 Å². The Hall–Kier alpha value is -2.80. The van der Waals surface area contributed by atoms with Crippen molar-refractivity contribution < 1.29 is 4.74 Å². The molecule has 4 heteroatoms. The Balaban J connectivity index is 2.48. The Bertz CT molecular complexity index is 642. The van der Waals surface area contributed by atoms with Gasteiger partial charge < -0.3 is 10.5 Å². The lowest BCUT2D eigenvalue weighted by molar-refractivity contribution is 0.414. The highest BCUT2D eigenvalue weighted by atomic mass is 16.5. The van der Waals surface area contributed by atoms with Crippen LogP contribution in [0.15, 0.2) is 42.6 Å². The first kappa shape index (κ1) is 12.7. The van der Waals surface area contributed by atoms with E-state index in [0.29, 0.717) is 22.7 Å². The van der Waals surface area contributed by atoms with E-state index in [2.05, 4.69) is 11.1 Å². The largest absolute Gasteiger partial charge is 0.496 e. The summed E-state index contributed by atoms with van der Waals surface area (Å²) < 4.78 is 5.25. The molecule has 0 saturated heterocycles. The zero-order chi connectivity index (χ0) is 13.7. The number of allylic oxidation sites excluding steroid dienone is 1. The van der Waals surface area contributed by atoms with Gasteiger partial charge in [0.1, 0.15) is 11.8 Å². The lowest BCUT2D eigenvalue weighted by Crippen LogP contribution is -1.92. The third-order valence-electron chi connectivity index (χ3n) is 2.62. The van der Waals surface area contributed by atoms with Crippen LogP contribution < -0.4 is 10.5 Å². The van der Waals surface area contributed by atoms with Gasteiger partial charge in [0.2, 0.25) is 0 Å². The molecule has 19 heavy (non-hydrogen) atoms. The van der Waals surface area contributed by atoms with E-state index in [9.17, 15) is 5.26 Å². The average Bonchev–Trinajstić information content (AvgIpc) is 2.46. The number of nitrogen functional groups attached to an aromatic ring is 1. The Morgan fingerprint density at radius 2 is 2.21 bits per heavy atom. The summed E-state index contributed by atoms with van der Waals surface area (Å²) in [7, 11) is 1.57. The maximum Gasteiger partial charge on any atom is 0.128 e. The van der Waals surface area contributed by atoms with Gasteiger partial charge in [-0.15, -0.1) is 0 Å². The van der Waals surface area contributed by atoms with E-state index in [1.165, 1.54) is 0 Å². The van der Waals surface area contributed by atoms with Gasteiger partial charge in [-0.1, -0.05) is 6.07 Å². The first-order chi connectivity index (χ1) is 9.24. The van der Waals surface area contributed by atoms with E-state index in [0.717, 1.165) is 5.56 Å². The van der Waals surface area contributed by atoms with Crippen LogP contribution in [0.2, 0.25) is 0 Å². The molecule has 0 amide bonds. The first-order valence-electron chi connectivity index (χ1n) is 5.71. The highest BCUT2D eigenvalue weighted by molar-refractivity contribution is 5.89. The molecule has 1 aromatic heterocycles. The molecule has 0 saturated carbocycles. The molecule has 1 heterocycles. The quantitative estimate of drug-likeness (QED) is 0.672. The number of nitrogens with zero attached hydrogens (tertiary/aromatic N) is 2. The number of aromatic nitrogens is 1. The fourth-order valence-electron chi connectivity index (χ4n) is 1.69. The zero-order valence-corrected chi connectivity index (χ0v) is 10.5. The van der Waals surface area contributed by atoms with Gasteiger partial charge in [0.15, 0.2) is 0 Å². The van der Waals surface area contributed by atoms with Crippen LogP contribution in [0, 0.1) is 11.3 Å². The van der Waals surface area contributed by atoms with Crippen LogP contribution in [0.3, 0.4) is 0 Å². The summed E-state index contributed by atoms with van der Waals surface area (Å²) in [5, 5.41) is 9.24. The van der Waals surface area contributed by atoms with Gasteiger partial charge >= 0.3 is 0 Å². The van der Waals surface area contributed by atoms with Gasteiger partial charge in [0.25, 0.3) is 0 Å². The molecule has 0 radical (unpaired) electrons. The van der Waals surface area contributed by atoms with Gasteiger partial charge in [-0.2, -0.15) is 5.26 Å². The fourth-order valence-corrected chi connectivity index (χ4v) is 1.69. The second-order valence-electron chi connectivity index (χ2n) is 3.89. The minimum Gasteiger partial charge on any atom is -0.496 e.